The van der Waals surface area contributed by atoms with Crippen molar-refractivity contribution in [3.63, 3.8) is 0 Å². The molecule has 2 unspecified atom stereocenters. The van der Waals surface area contributed by atoms with Crippen molar-refractivity contribution in [3.8, 4) is 0 Å². The first-order valence-corrected chi connectivity index (χ1v) is 7.72. The maximum Gasteiger partial charge on any atom is 0.224 e. The minimum absolute atomic E-state index is 0.108. The van der Waals surface area contributed by atoms with E-state index in [2.05, 4.69) is 41.8 Å². The van der Waals surface area contributed by atoms with Gasteiger partial charge in [-0.1, -0.05) is 42.5 Å². The summed E-state index contributed by atoms with van der Waals surface area (Å²) in [5, 5.41) is 8.91. The molecule has 1 aliphatic rings. The van der Waals surface area contributed by atoms with Crippen LogP contribution in [0.5, 0.6) is 0 Å². The van der Waals surface area contributed by atoms with Crippen LogP contribution in [0.3, 0.4) is 0 Å². The maximum absolute atomic E-state index is 12.3. The van der Waals surface area contributed by atoms with E-state index in [1.807, 2.05) is 18.2 Å². The Balaban J connectivity index is 1.65. The van der Waals surface area contributed by atoms with Gasteiger partial charge in [-0.15, -0.1) is 0 Å². The quantitative estimate of drug-likeness (QED) is 0.909. The number of fused-ring (bicyclic) bond motifs is 1. The van der Waals surface area contributed by atoms with Crippen molar-refractivity contribution < 1.29 is 4.79 Å². The lowest BCUT2D eigenvalue weighted by Gasteiger charge is -2.26. The molecule has 2 atom stereocenters. The van der Waals surface area contributed by atoms with Gasteiger partial charge in [-0.2, -0.15) is 0 Å². The maximum atomic E-state index is 12.3. The van der Waals surface area contributed by atoms with Gasteiger partial charge in [0.25, 0.3) is 0 Å². The van der Waals surface area contributed by atoms with Crippen LogP contribution < -0.4 is 10.6 Å². The van der Waals surface area contributed by atoms with Crippen molar-refractivity contribution in [3.05, 3.63) is 48.0 Å². The molecule has 21 heavy (non-hydrogen) atoms. The SMILES string of the molecule is CC1CCC(C(=O)NCc2cccc3ccccc23)CN1. The zero-order chi connectivity index (χ0) is 14.7. The van der Waals surface area contributed by atoms with Crippen LogP contribution in [0.15, 0.2) is 42.5 Å². The van der Waals surface area contributed by atoms with E-state index < -0.39 is 0 Å². The number of hydrogen-bond acceptors (Lipinski definition) is 2. The molecule has 1 saturated heterocycles. The monoisotopic (exact) mass is 282 g/mol. The molecule has 3 nitrogen and oxygen atoms in total. The zero-order valence-electron chi connectivity index (χ0n) is 12.4. The first-order chi connectivity index (χ1) is 10.2. The van der Waals surface area contributed by atoms with Crippen LogP contribution in [0.25, 0.3) is 10.8 Å². The Kier molecular flexibility index (Phi) is 4.20. The number of carbonyl (C=O) groups is 1. The third kappa shape index (κ3) is 3.24. The molecule has 0 saturated carbocycles. The van der Waals surface area contributed by atoms with E-state index in [0.29, 0.717) is 12.6 Å². The molecule has 1 heterocycles. The molecule has 0 aromatic heterocycles. The van der Waals surface area contributed by atoms with Gasteiger partial charge >= 0.3 is 0 Å². The molecule has 1 amide bonds. The second kappa shape index (κ2) is 6.27. The summed E-state index contributed by atoms with van der Waals surface area (Å²) in [6, 6.07) is 15.1. The highest BCUT2D eigenvalue weighted by Crippen LogP contribution is 2.19. The van der Waals surface area contributed by atoms with Crippen LogP contribution >= 0.6 is 0 Å². The molecule has 2 aromatic carbocycles. The molecule has 3 heteroatoms. The van der Waals surface area contributed by atoms with E-state index in [9.17, 15) is 4.79 Å². The number of carbonyl (C=O) groups excluding carboxylic acids is 1. The number of benzene rings is 2. The molecule has 1 fully saturated rings. The van der Waals surface area contributed by atoms with Crippen LogP contribution in [-0.4, -0.2) is 18.5 Å². The summed E-state index contributed by atoms with van der Waals surface area (Å²) in [5.74, 6) is 0.276. The van der Waals surface area contributed by atoms with Crippen molar-refractivity contribution in [2.75, 3.05) is 6.54 Å². The van der Waals surface area contributed by atoms with E-state index in [1.165, 1.54) is 16.3 Å². The van der Waals surface area contributed by atoms with Crippen molar-refractivity contribution in [2.24, 2.45) is 5.92 Å². The average molecular weight is 282 g/mol. The lowest BCUT2D eigenvalue weighted by atomic mass is 9.94. The molecular formula is C18H22N2O. The summed E-state index contributed by atoms with van der Waals surface area (Å²) in [4.78, 5) is 12.3. The highest BCUT2D eigenvalue weighted by molar-refractivity contribution is 5.86. The zero-order valence-corrected chi connectivity index (χ0v) is 12.4. The van der Waals surface area contributed by atoms with Crippen molar-refractivity contribution >= 4 is 16.7 Å². The topological polar surface area (TPSA) is 41.1 Å². The van der Waals surface area contributed by atoms with Crippen LogP contribution in [0.1, 0.15) is 25.3 Å². The Morgan fingerprint density at radius 2 is 2.00 bits per heavy atom. The summed E-state index contributed by atoms with van der Waals surface area (Å²) in [6.07, 6.45) is 2.06. The summed E-state index contributed by atoms with van der Waals surface area (Å²) >= 11 is 0. The predicted molar refractivity (Wildman–Crippen MR) is 86.0 cm³/mol. The van der Waals surface area contributed by atoms with Crippen LogP contribution in [-0.2, 0) is 11.3 Å². The lowest BCUT2D eigenvalue weighted by molar-refractivity contribution is -0.125. The summed E-state index contributed by atoms with van der Waals surface area (Å²) in [5.41, 5.74) is 1.18. The number of hydrogen-bond donors (Lipinski definition) is 2. The van der Waals surface area contributed by atoms with Crippen LogP contribution in [0.4, 0.5) is 0 Å². The fraction of sp³-hybridized carbons (Fsp3) is 0.389. The fourth-order valence-electron chi connectivity index (χ4n) is 3.00. The Hall–Kier alpha value is -1.87. The number of nitrogens with one attached hydrogen (secondary N) is 2. The van der Waals surface area contributed by atoms with Crippen molar-refractivity contribution in [2.45, 2.75) is 32.4 Å². The van der Waals surface area contributed by atoms with Crippen molar-refractivity contribution in [1.82, 2.24) is 10.6 Å². The second-order valence-corrected chi connectivity index (χ2v) is 5.94. The third-order valence-corrected chi connectivity index (χ3v) is 4.36. The van der Waals surface area contributed by atoms with Gasteiger partial charge in [0.05, 0.1) is 5.92 Å². The van der Waals surface area contributed by atoms with E-state index in [4.69, 9.17) is 0 Å². The third-order valence-electron chi connectivity index (χ3n) is 4.36. The summed E-state index contributed by atoms with van der Waals surface area (Å²) in [6.45, 7) is 3.57. The molecular weight excluding hydrogens is 260 g/mol. The molecule has 0 spiro atoms. The molecule has 2 N–H and O–H groups in total. The molecule has 1 aliphatic heterocycles. The van der Waals surface area contributed by atoms with E-state index in [0.717, 1.165) is 19.4 Å². The van der Waals surface area contributed by atoms with E-state index in [1.54, 1.807) is 0 Å². The molecule has 0 aliphatic carbocycles. The highest BCUT2D eigenvalue weighted by Gasteiger charge is 2.23. The highest BCUT2D eigenvalue weighted by atomic mass is 16.1. The number of amides is 1. The Morgan fingerprint density at radius 3 is 2.81 bits per heavy atom. The van der Waals surface area contributed by atoms with Crippen molar-refractivity contribution in [1.29, 1.82) is 0 Å². The minimum Gasteiger partial charge on any atom is -0.352 e. The normalized spacial score (nSPS) is 22.1. The van der Waals surface area contributed by atoms with Gasteiger partial charge in [0.1, 0.15) is 0 Å². The smallest absolute Gasteiger partial charge is 0.224 e. The minimum atomic E-state index is 0.108. The summed E-state index contributed by atoms with van der Waals surface area (Å²) in [7, 11) is 0. The predicted octanol–water partition coefficient (Wildman–Crippen LogP) is 2.84. The summed E-state index contributed by atoms with van der Waals surface area (Å²) < 4.78 is 0. The van der Waals surface area contributed by atoms with Crippen LogP contribution in [0, 0.1) is 5.92 Å². The number of piperidine rings is 1. The molecule has 0 radical (unpaired) electrons. The second-order valence-electron chi connectivity index (χ2n) is 5.94. The first kappa shape index (κ1) is 14.1. The van der Waals surface area contributed by atoms with Gasteiger partial charge < -0.3 is 10.6 Å². The van der Waals surface area contributed by atoms with E-state index in [-0.39, 0.29) is 11.8 Å². The Labute approximate surface area is 125 Å². The first-order valence-electron chi connectivity index (χ1n) is 7.72. The van der Waals surface area contributed by atoms with Gasteiger partial charge in [-0.25, -0.2) is 0 Å². The fourth-order valence-corrected chi connectivity index (χ4v) is 3.00. The van der Waals surface area contributed by atoms with Gasteiger partial charge in [-0.3, -0.25) is 4.79 Å². The lowest BCUT2D eigenvalue weighted by Crippen LogP contribution is -2.43. The Bertz CT molecular complexity index is 625. The largest absolute Gasteiger partial charge is 0.352 e. The van der Waals surface area contributed by atoms with Crippen LogP contribution in [0.2, 0.25) is 0 Å². The van der Waals surface area contributed by atoms with E-state index >= 15 is 0 Å². The molecule has 3 rings (SSSR count). The van der Waals surface area contributed by atoms with Gasteiger partial charge in [0.15, 0.2) is 0 Å². The van der Waals surface area contributed by atoms with Gasteiger partial charge in [0.2, 0.25) is 5.91 Å². The van der Waals surface area contributed by atoms with Gasteiger partial charge in [-0.05, 0) is 36.1 Å². The average Bonchev–Trinajstić information content (AvgIpc) is 2.53. The molecule has 2 aromatic rings. The molecule has 0 bridgehead atoms. The number of rotatable bonds is 3. The Morgan fingerprint density at radius 1 is 1.19 bits per heavy atom. The standard InChI is InChI=1S/C18H22N2O/c1-13-9-10-16(12-19-13)18(21)20-11-15-7-4-6-14-5-2-3-8-17(14)15/h2-8,13,16,19H,9-12H2,1H3,(H,20,21). The molecule has 110 valence electrons. The van der Waals surface area contributed by atoms with Gasteiger partial charge in [0, 0.05) is 19.1 Å².